The smallest absolute Gasteiger partial charge is 0.310 e. The highest BCUT2D eigenvalue weighted by Crippen LogP contribution is 2.33. The molecule has 0 amide bonds. The Morgan fingerprint density at radius 3 is 1.94 bits per heavy atom. The Bertz CT molecular complexity index is 457. The first-order valence-corrected chi connectivity index (χ1v) is 7.59. The van der Waals surface area contributed by atoms with Crippen molar-refractivity contribution in [2.24, 2.45) is 0 Å². The summed E-state index contributed by atoms with van der Waals surface area (Å²) in [5.41, 5.74) is 0. The lowest BCUT2D eigenvalue weighted by Crippen LogP contribution is -2.32. The number of benzene rings is 1. The van der Waals surface area contributed by atoms with E-state index in [0.717, 1.165) is 0 Å². The lowest BCUT2D eigenvalue weighted by atomic mass is 10.2. The number of halogens is 1. The molecule has 0 bridgehead atoms. The summed E-state index contributed by atoms with van der Waals surface area (Å²) in [5.74, 6) is 0. The first-order chi connectivity index (χ1) is 8.39. The van der Waals surface area contributed by atoms with E-state index in [1.165, 1.54) is 12.1 Å². The molecule has 0 atom stereocenters. The van der Waals surface area contributed by atoms with Gasteiger partial charge < -0.3 is 4.89 Å². The van der Waals surface area contributed by atoms with Gasteiger partial charge in [-0.25, -0.2) is 17.4 Å². The summed E-state index contributed by atoms with van der Waals surface area (Å²) in [4.78, 5) is 7.04. The Balaban J connectivity index is 0.000000873. The average Bonchev–Trinajstić information content (AvgIpc) is 2.39. The Kier molecular flexibility index (Phi) is 7.21. The van der Waals surface area contributed by atoms with Crippen molar-refractivity contribution in [1.29, 1.82) is 0 Å². The molecule has 1 rings (SSSR count). The van der Waals surface area contributed by atoms with Crippen molar-refractivity contribution in [3.63, 3.8) is 0 Å². The van der Waals surface area contributed by atoms with Crippen LogP contribution in [0.5, 0.6) is 0 Å². The number of hydrogen-bond donors (Lipinski definition) is 1. The van der Waals surface area contributed by atoms with Gasteiger partial charge in [0.15, 0.2) is 0 Å². The van der Waals surface area contributed by atoms with Crippen LogP contribution in [0, 0.1) is 0 Å². The van der Waals surface area contributed by atoms with E-state index in [0.29, 0.717) is 0 Å². The van der Waals surface area contributed by atoms with E-state index in [1.807, 2.05) is 0 Å². The summed E-state index contributed by atoms with van der Waals surface area (Å²) >= 11 is 0. The topological polar surface area (TPSA) is 71.4 Å². The van der Waals surface area contributed by atoms with Gasteiger partial charge >= 0.3 is 8.69 Å². The molecule has 0 aliphatic heterocycles. The van der Waals surface area contributed by atoms with Crippen molar-refractivity contribution in [3.8, 4) is 0 Å². The van der Waals surface area contributed by atoms with Crippen LogP contribution in [0.1, 0.15) is 26.7 Å². The molecule has 0 aromatic heterocycles. The number of hydrogen-bond acceptors (Lipinski definition) is 3. The molecule has 0 saturated carbocycles. The van der Waals surface area contributed by atoms with Gasteiger partial charge in [0.05, 0.1) is 4.90 Å². The Morgan fingerprint density at radius 1 is 1.22 bits per heavy atom. The van der Waals surface area contributed by atoms with E-state index in [2.05, 4.69) is 0 Å². The molecule has 0 saturated heterocycles. The van der Waals surface area contributed by atoms with Crippen molar-refractivity contribution in [3.05, 3.63) is 30.3 Å². The van der Waals surface area contributed by atoms with Gasteiger partial charge in [-0.3, -0.25) is 0 Å². The minimum absolute atomic E-state index is 0.0271. The summed E-state index contributed by atoms with van der Waals surface area (Å²) in [7, 11) is -4.70. The van der Waals surface area contributed by atoms with Crippen molar-refractivity contribution in [2.75, 3.05) is 0 Å². The van der Waals surface area contributed by atoms with Gasteiger partial charge in [0, 0.05) is 0 Å². The summed E-state index contributed by atoms with van der Waals surface area (Å²) in [5, 5.41) is -2.14. The highest BCUT2D eigenvalue weighted by atomic mass is 32.2. The highest BCUT2D eigenvalue weighted by Gasteiger charge is 2.41. The van der Waals surface area contributed by atoms with Gasteiger partial charge in [-0.15, -0.1) is 0 Å². The van der Waals surface area contributed by atoms with Crippen LogP contribution in [0.25, 0.3) is 0 Å². The quantitative estimate of drug-likeness (QED) is 0.866. The van der Waals surface area contributed by atoms with Crippen LogP contribution < -0.4 is 0 Å². The molecule has 18 heavy (non-hydrogen) atoms. The molecule has 0 radical (unpaired) electrons. The Labute approximate surface area is 108 Å². The van der Waals surface area contributed by atoms with Gasteiger partial charge in [0.1, 0.15) is 0 Å². The van der Waals surface area contributed by atoms with E-state index in [-0.39, 0.29) is 17.7 Å². The first-order valence-electron chi connectivity index (χ1n) is 5.35. The molecule has 1 aromatic rings. The van der Waals surface area contributed by atoms with Gasteiger partial charge in [0.2, 0.25) is 14.8 Å². The first kappa shape index (κ1) is 17.2. The minimum atomic E-state index is -3.87. The third-order valence-corrected chi connectivity index (χ3v) is 5.02. The summed E-state index contributed by atoms with van der Waals surface area (Å²) < 4.78 is 46.5. The normalized spacial score (nSPS) is 11.8. The molecule has 0 aliphatic rings. The predicted octanol–water partition coefficient (Wildman–Crippen LogP) is 3.13. The molecule has 0 spiro atoms. The van der Waals surface area contributed by atoms with E-state index in [4.69, 9.17) is 9.46 Å². The van der Waals surface area contributed by atoms with Crippen molar-refractivity contribution >= 4 is 18.5 Å². The number of alkyl halides is 1. The van der Waals surface area contributed by atoms with Crippen LogP contribution in [-0.2, 0) is 14.4 Å². The molecule has 0 unspecified atom stereocenters. The molecular weight excluding hydrogens is 278 g/mol. The summed E-state index contributed by atoms with van der Waals surface area (Å²) in [6, 6.07) is 7.75. The fraction of sp³-hybridized carbons (Fsp3) is 0.455. The monoisotopic (exact) mass is 294 g/mol. The predicted molar refractivity (Wildman–Crippen MR) is 67.9 cm³/mol. The molecule has 0 aliphatic carbocycles. The van der Waals surface area contributed by atoms with Crippen LogP contribution in [0.15, 0.2) is 35.2 Å². The summed E-state index contributed by atoms with van der Waals surface area (Å²) in [6.45, 7) is 3.09. The maximum atomic E-state index is 14.1. The minimum Gasteiger partial charge on any atom is -0.310 e. The second kappa shape index (κ2) is 7.56. The molecule has 0 fully saturated rings. The van der Waals surface area contributed by atoms with E-state index in [9.17, 15) is 12.8 Å². The van der Waals surface area contributed by atoms with Crippen LogP contribution in [0.4, 0.5) is 4.39 Å². The largest absolute Gasteiger partial charge is 0.324 e. The standard InChI is InChI=1S/C11H15FO2S.HO2P/c1-3-11(12,4-2)15(13,14)10-8-6-5-7-9-10;1-3-2/h5-9H,3-4H2,1-2H3;(H,1,2). The zero-order valence-corrected chi connectivity index (χ0v) is 11.9. The summed E-state index contributed by atoms with van der Waals surface area (Å²) in [6.07, 6.45) is -0.0541. The molecule has 7 heteroatoms. The molecule has 1 aromatic carbocycles. The van der Waals surface area contributed by atoms with Gasteiger partial charge in [0.25, 0.3) is 0 Å². The lowest BCUT2D eigenvalue weighted by molar-refractivity contribution is 0.250. The second-order valence-electron chi connectivity index (χ2n) is 3.49. The number of sulfone groups is 1. The van der Waals surface area contributed by atoms with Crippen molar-refractivity contribution < 1.29 is 22.3 Å². The maximum Gasteiger partial charge on any atom is 0.324 e. The van der Waals surface area contributed by atoms with Crippen LogP contribution in [0.2, 0.25) is 0 Å². The highest BCUT2D eigenvalue weighted by molar-refractivity contribution is 7.92. The number of rotatable bonds is 4. The molecule has 0 heterocycles. The molecule has 1 N–H and O–H groups in total. The average molecular weight is 294 g/mol. The van der Waals surface area contributed by atoms with Gasteiger partial charge in [-0.05, 0) is 25.0 Å². The van der Waals surface area contributed by atoms with Crippen LogP contribution in [-0.4, -0.2) is 18.3 Å². The van der Waals surface area contributed by atoms with E-state index < -0.39 is 23.5 Å². The maximum absolute atomic E-state index is 14.1. The third-order valence-electron chi connectivity index (χ3n) is 2.59. The zero-order chi connectivity index (χ0) is 14.2. The van der Waals surface area contributed by atoms with Crippen LogP contribution >= 0.6 is 8.69 Å². The zero-order valence-electron chi connectivity index (χ0n) is 10.2. The van der Waals surface area contributed by atoms with Crippen molar-refractivity contribution in [1.82, 2.24) is 0 Å². The molecule has 4 nitrogen and oxygen atoms in total. The molecular formula is C11H16FO4PS. The Morgan fingerprint density at radius 2 is 1.61 bits per heavy atom. The third kappa shape index (κ3) is 3.83. The Hall–Kier alpha value is -0.840. The van der Waals surface area contributed by atoms with E-state index >= 15 is 0 Å². The van der Waals surface area contributed by atoms with Gasteiger partial charge in [-0.1, -0.05) is 32.0 Å². The fourth-order valence-corrected chi connectivity index (χ4v) is 3.14. The fourth-order valence-electron chi connectivity index (χ4n) is 1.44. The SMILES string of the molecule is CCC(F)(CC)S(=O)(=O)c1ccccc1.O=PO. The van der Waals surface area contributed by atoms with Crippen molar-refractivity contribution in [2.45, 2.75) is 36.6 Å². The molecule has 102 valence electrons. The van der Waals surface area contributed by atoms with E-state index in [1.54, 1.807) is 32.0 Å². The van der Waals surface area contributed by atoms with Gasteiger partial charge in [-0.2, -0.15) is 0 Å². The second-order valence-corrected chi connectivity index (χ2v) is 5.86. The van der Waals surface area contributed by atoms with Crippen LogP contribution in [0.3, 0.4) is 0 Å². The lowest BCUT2D eigenvalue weighted by Gasteiger charge is -2.22.